The fourth-order valence-electron chi connectivity index (χ4n) is 2.09. The molecule has 0 saturated heterocycles. The molecule has 2 rings (SSSR count). The number of amides is 1. The van der Waals surface area contributed by atoms with E-state index in [2.05, 4.69) is 5.32 Å². The summed E-state index contributed by atoms with van der Waals surface area (Å²) in [6.07, 6.45) is 0.136. The molecular weight excluding hydrogens is 354 g/mol. The van der Waals surface area contributed by atoms with Gasteiger partial charge in [0.1, 0.15) is 5.84 Å². The summed E-state index contributed by atoms with van der Waals surface area (Å²) in [5.41, 5.74) is 8.13. The molecule has 7 nitrogen and oxygen atoms in total. The van der Waals surface area contributed by atoms with Crippen LogP contribution in [-0.2, 0) is 10.5 Å². The molecule has 0 fully saturated rings. The van der Waals surface area contributed by atoms with E-state index in [1.165, 1.54) is 11.8 Å². The SMILES string of the molecule is N=C(N)c1ccc(C(=O)Nc2cccc(CSCCC(=O)O)c2)cc1.O. The Morgan fingerprint density at radius 1 is 1.12 bits per heavy atom. The molecule has 2 aromatic carbocycles. The van der Waals surface area contributed by atoms with Crippen molar-refractivity contribution in [1.29, 1.82) is 5.41 Å². The lowest BCUT2D eigenvalue weighted by Crippen LogP contribution is -2.14. The maximum atomic E-state index is 12.3. The number of hydrogen-bond donors (Lipinski definition) is 4. The van der Waals surface area contributed by atoms with Gasteiger partial charge in [-0.1, -0.05) is 24.3 Å². The molecule has 0 spiro atoms. The summed E-state index contributed by atoms with van der Waals surface area (Å²) in [5.74, 6) is 0.147. The first-order valence-corrected chi connectivity index (χ1v) is 8.75. The molecule has 0 radical (unpaired) electrons. The van der Waals surface area contributed by atoms with Crippen LogP contribution in [0.1, 0.15) is 27.9 Å². The van der Waals surface area contributed by atoms with Gasteiger partial charge in [-0.2, -0.15) is 11.8 Å². The van der Waals surface area contributed by atoms with Crippen LogP contribution in [0.15, 0.2) is 48.5 Å². The second-order valence-electron chi connectivity index (χ2n) is 5.34. The van der Waals surface area contributed by atoms with Crippen LogP contribution in [-0.4, -0.2) is 34.0 Å². The van der Waals surface area contributed by atoms with Crippen molar-refractivity contribution in [2.45, 2.75) is 12.2 Å². The number of nitrogens with two attached hydrogens (primary N) is 1. The number of benzene rings is 2. The van der Waals surface area contributed by atoms with E-state index in [4.69, 9.17) is 16.2 Å². The van der Waals surface area contributed by atoms with Gasteiger partial charge in [0.25, 0.3) is 5.91 Å². The third-order valence-corrected chi connectivity index (χ3v) is 4.40. The first-order valence-electron chi connectivity index (χ1n) is 7.60. The average molecular weight is 375 g/mol. The largest absolute Gasteiger partial charge is 0.481 e. The Morgan fingerprint density at radius 3 is 2.38 bits per heavy atom. The Labute approximate surface area is 155 Å². The van der Waals surface area contributed by atoms with Gasteiger partial charge in [-0.05, 0) is 29.8 Å². The minimum Gasteiger partial charge on any atom is -0.481 e. The van der Waals surface area contributed by atoms with Crippen molar-refractivity contribution in [2.24, 2.45) is 5.73 Å². The molecule has 0 aliphatic carbocycles. The third-order valence-electron chi connectivity index (χ3n) is 3.37. The van der Waals surface area contributed by atoms with E-state index < -0.39 is 5.97 Å². The smallest absolute Gasteiger partial charge is 0.304 e. The van der Waals surface area contributed by atoms with Crippen molar-refractivity contribution in [3.8, 4) is 0 Å². The molecule has 2 aromatic rings. The number of aliphatic carboxylic acids is 1. The number of carbonyl (C=O) groups is 2. The summed E-state index contributed by atoms with van der Waals surface area (Å²) in [5, 5.41) is 18.8. The molecule has 1 amide bonds. The van der Waals surface area contributed by atoms with Crippen molar-refractivity contribution in [3.05, 3.63) is 65.2 Å². The summed E-state index contributed by atoms with van der Waals surface area (Å²) in [4.78, 5) is 22.8. The average Bonchev–Trinajstić information content (AvgIpc) is 2.59. The molecule has 0 saturated carbocycles. The quantitative estimate of drug-likeness (QED) is 0.317. The van der Waals surface area contributed by atoms with Gasteiger partial charge in [-0.25, -0.2) is 0 Å². The summed E-state index contributed by atoms with van der Waals surface area (Å²) in [6.45, 7) is 0. The van der Waals surface area contributed by atoms with E-state index >= 15 is 0 Å². The summed E-state index contributed by atoms with van der Waals surface area (Å²) in [6, 6.07) is 14.0. The van der Waals surface area contributed by atoms with Crippen LogP contribution in [0.5, 0.6) is 0 Å². The van der Waals surface area contributed by atoms with Gasteiger partial charge < -0.3 is 21.6 Å². The minimum absolute atomic E-state index is 0. The molecule has 0 aliphatic rings. The van der Waals surface area contributed by atoms with E-state index in [-0.39, 0.29) is 23.6 Å². The summed E-state index contributed by atoms with van der Waals surface area (Å²) >= 11 is 1.54. The molecular formula is C18H21N3O4S. The normalized spacial score (nSPS) is 9.85. The van der Waals surface area contributed by atoms with Crippen LogP contribution < -0.4 is 11.1 Å². The van der Waals surface area contributed by atoms with Crippen LogP contribution in [0.25, 0.3) is 0 Å². The number of rotatable bonds is 8. The number of carbonyl (C=O) groups excluding carboxylic acids is 1. The maximum absolute atomic E-state index is 12.3. The van der Waals surface area contributed by atoms with E-state index in [9.17, 15) is 9.59 Å². The van der Waals surface area contributed by atoms with Crippen molar-refractivity contribution in [2.75, 3.05) is 11.1 Å². The van der Waals surface area contributed by atoms with Crippen molar-refractivity contribution < 1.29 is 20.2 Å². The first kappa shape index (κ1) is 21.2. The molecule has 0 atom stereocenters. The van der Waals surface area contributed by atoms with Gasteiger partial charge in [-0.15, -0.1) is 0 Å². The van der Waals surface area contributed by atoms with Crippen LogP contribution >= 0.6 is 11.8 Å². The number of thioether (sulfide) groups is 1. The maximum Gasteiger partial charge on any atom is 0.304 e. The lowest BCUT2D eigenvalue weighted by atomic mass is 10.1. The van der Waals surface area contributed by atoms with Crippen molar-refractivity contribution in [1.82, 2.24) is 0 Å². The number of nitrogens with one attached hydrogen (secondary N) is 2. The Bertz CT molecular complexity index is 778. The molecule has 0 aliphatic heterocycles. The highest BCUT2D eigenvalue weighted by Gasteiger charge is 2.07. The van der Waals surface area contributed by atoms with Gasteiger partial charge in [0.15, 0.2) is 0 Å². The number of anilines is 1. The summed E-state index contributed by atoms with van der Waals surface area (Å²) in [7, 11) is 0. The predicted molar refractivity (Wildman–Crippen MR) is 104 cm³/mol. The Hall–Kier alpha value is -2.84. The molecule has 7 N–H and O–H groups in total. The lowest BCUT2D eigenvalue weighted by Gasteiger charge is -2.08. The number of carboxylic acid groups (broad SMARTS) is 1. The molecule has 0 heterocycles. The van der Waals surface area contributed by atoms with Crippen molar-refractivity contribution >= 4 is 35.2 Å². The predicted octanol–water partition coefficient (Wildman–Crippen LogP) is 2.11. The summed E-state index contributed by atoms with van der Waals surface area (Å²) < 4.78 is 0. The second-order valence-corrected chi connectivity index (χ2v) is 6.45. The Balaban J connectivity index is 0.00000338. The van der Waals surface area contributed by atoms with Crippen LogP contribution in [0, 0.1) is 5.41 Å². The van der Waals surface area contributed by atoms with Crippen LogP contribution in [0.4, 0.5) is 5.69 Å². The highest BCUT2D eigenvalue weighted by molar-refractivity contribution is 7.98. The van der Waals surface area contributed by atoms with E-state index in [1.807, 2.05) is 18.2 Å². The Morgan fingerprint density at radius 2 is 1.77 bits per heavy atom. The van der Waals surface area contributed by atoms with Crippen LogP contribution in [0.3, 0.4) is 0 Å². The van der Waals surface area contributed by atoms with Gasteiger partial charge in [0.05, 0.1) is 6.42 Å². The van der Waals surface area contributed by atoms with Gasteiger partial charge in [0.2, 0.25) is 0 Å². The number of amidine groups is 1. The topological polar surface area (TPSA) is 148 Å². The minimum atomic E-state index is -0.802. The zero-order valence-corrected chi connectivity index (χ0v) is 14.8. The molecule has 26 heavy (non-hydrogen) atoms. The zero-order valence-electron chi connectivity index (χ0n) is 14.0. The number of nitrogen functional groups attached to an aromatic ring is 1. The standard InChI is InChI=1S/C18H19N3O3S.H2O/c19-17(20)13-4-6-14(7-5-13)18(24)21-15-3-1-2-12(10-15)11-25-9-8-16(22)23;/h1-7,10H,8-9,11H2,(H3,19,20)(H,21,24)(H,22,23);1H2. The van der Waals surface area contributed by atoms with Gasteiger partial charge in [-0.3, -0.25) is 15.0 Å². The molecule has 138 valence electrons. The zero-order chi connectivity index (χ0) is 18.2. The third kappa shape index (κ3) is 6.58. The highest BCUT2D eigenvalue weighted by atomic mass is 32.2. The van der Waals surface area contributed by atoms with E-state index in [1.54, 1.807) is 30.3 Å². The monoisotopic (exact) mass is 375 g/mol. The van der Waals surface area contributed by atoms with E-state index in [0.717, 1.165) is 5.56 Å². The molecule has 0 bridgehead atoms. The van der Waals surface area contributed by atoms with Gasteiger partial charge in [0, 0.05) is 28.3 Å². The fraction of sp³-hybridized carbons (Fsp3) is 0.167. The van der Waals surface area contributed by atoms with E-state index in [0.29, 0.717) is 28.3 Å². The number of hydrogen-bond acceptors (Lipinski definition) is 4. The van der Waals surface area contributed by atoms with Crippen LogP contribution in [0.2, 0.25) is 0 Å². The lowest BCUT2D eigenvalue weighted by molar-refractivity contribution is -0.136. The highest BCUT2D eigenvalue weighted by Crippen LogP contribution is 2.18. The molecule has 8 heteroatoms. The number of carboxylic acids is 1. The van der Waals surface area contributed by atoms with Gasteiger partial charge >= 0.3 is 5.97 Å². The van der Waals surface area contributed by atoms with Crippen molar-refractivity contribution in [3.63, 3.8) is 0 Å². The fourth-order valence-corrected chi connectivity index (χ4v) is 2.97. The molecule has 0 aromatic heterocycles. The Kier molecular flexibility index (Phi) is 8.33. The molecule has 0 unspecified atom stereocenters. The first-order chi connectivity index (χ1) is 12.0. The second kappa shape index (κ2) is 10.2.